The molecule has 132 valence electrons. The molecule has 0 aliphatic carbocycles. The zero-order chi connectivity index (χ0) is 17.4. The number of benzene rings is 1. The minimum atomic E-state index is -0.0907. The molecule has 3 heterocycles. The van der Waals surface area contributed by atoms with E-state index in [9.17, 15) is 4.79 Å². The molecule has 2 aliphatic rings. The van der Waals surface area contributed by atoms with E-state index in [2.05, 4.69) is 5.10 Å². The second-order valence-corrected chi connectivity index (χ2v) is 6.21. The number of fused-ring (bicyclic) bond motifs is 1. The van der Waals surface area contributed by atoms with Gasteiger partial charge in [0, 0.05) is 19.9 Å². The van der Waals surface area contributed by atoms with Crippen molar-refractivity contribution < 1.29 is 19.0 Å². The van der Waals surface area contributed by atoms with Crippen molar-refractivity contribution in [1.82, 2.24) is 14.7 Å². The van der Waals surface area contributed by atoms with Gasteiger partial charge in [-0.05, 0) is 24.6 Å². The minimum Gasteiger partial charge on any atom is -0.454 e. The highest BCUT2D eigenvalue weighted by molar-refractivity contribution is 5.98. The summed E-state index contributed by atoms with van der Waals surface area (Å²) in [6, 6.07) is 7.07. The van der Waals surface area contributed by atoms with E-state index in [1.807, 2.05) is 11.1 Å². The first-order chi connectivity index (χ1) is 12.2. The fraction of sp³-hybridized carbons (Fsp3) is 0.412. The number of nitrogens with two attached hydrogens (primary N) is 1. The van der Waals surface area contributed by atoms with Gasteiger partial charge in [0.1, 0.15) is 5.82 Å². The fourth-order valence-corrected chi connectivity index (χ4v) is 3.41. The number of hydrogen-bond acceptors (Lipinski definition) is 6. The molecule has 2 aliphatic heterocycles. The van der Waals surface area contributed by atoms with Crippen LogP contribution in [0.5, 0.6) is 11.5 Å². The summed E-state index contributed by atoms with van der Waals surface area (Å²) in [5, 5.41) is 4.22. The number of anilines is 1. The summed E-state index contributed by atoms with van der Waals surface area (Å²) in [5.74, 6) is 1.48. The summed E-state index contributed by atoms with van der Waals surface area (Å²) >= 11 is 0. The third-order valence-electron chi connectivity index (χ3n) is 4.66. The van der Waals surface area contributed by atoms with Crippen molar-refractivity contribution in [2.24, 2.45) is 0 Å². The molecule has 1 aromatic heterocycles. The van der Waals surface area contributed by atoms with Gasteiger partial charge in [-0.25, -0.2) is 0 Å². The number of hydrogen-bond donors (Lipinski definition) is 1. The lowest BCUT2D eigenvalue weighted by Crippen LogP contribution is -2.38. The van der Waals surface area contributed by atoms with Crippen LogP contribution in [0.25, 0.3) is 0 Å². The van der Waals surface area contributed by atoms with Crippen molar-refractivity contribution in [2.45, 2.75) is 25.1 Å². The number of likely N-dealkylation sites (tertiary alicyclic amines) is 1. The predicted octanol–water partition coefficient (Wildman–Crippen LogP) is 1.12. The van der Waals surface area contributed by atoms with Crippen LogP contribution in [0.15, 0.2) is 30.5 Å². The number of ether oxygens (including phenoxy) is 3. The summed E-state index contributed by atoms with van der Waals surface area (Å²) in [6.07, 6.45) is 2.56. The normalized spacial score (nSPS) is 21.7. The number of rotatable bonds is 4. The van der Waals surface area contributed by atoms with E-state index in [0.717, 1.165) is 6.42 Å². The molecule has 8 nitrogen and oxygen atoms in total. The van der Waals surface area contributed by atoms with E-state index in [0.29, 0.717) is 36.0 Å². The van der Waals surface area contributed by atoms with Gasteiger partial charge in [0.2, 0.25) is 6.79 Å². The van der Waals surface area contributed by atoms with Gasteiger partial charge in [0.15, 0.2) is 11.5 Å². The molecule has 0 radical (unpaired) electrons. The Hall–Kier alpha value is -2.74. The largest absolute Gasteiger partial charge is 0.454 e. The van der Waals surface area contributed by atoms with E-state index < -0.39 is 0 Å². The quantitative estimate of drug-likeness (QED) is 0.894. The van der Waals surface area contributed by atoms with Crippen molar-refractivity contribution in [1.29, 1.82) is 0 Å². The Morgan fingerprint density at radius 1 is 1.40 bits per heavy atom. The molecule has 25 heavy (non-hydrogen) atoms. The third kappa shape index (κ3) is 2.89. The van der Waals surface area contributed by atoms with Crippen LogP contribution < -0.4 is 15.2 Å². The zero-order valence-electron chi connectivity index (χ0n) is 13.9. The molecule has 0 bridgehead atoms. The Morgan fingerprint density at radius 3 is 3.04 bits per heavy atom. The molecule has 8 heteroatoms. The van der Waals surface area contributed by atoms with Crippen molar-refractivity contribution in [3.8, 4) is 11.5 Å². The van der Waals surface area contributed by atoms with Crippen LogP contribution in [0.2, 0.25) is 0 Å². The van der Waals surface area contributed by atoms with Crippen molar-refractivity contribution >= 4 is 11.7 Å². The number of nitrogens with zero attached hydrogens (tertiary/aromatic N) is 3. The van der Waals surface area contributed by atoms with Crippen LogP contribution >= 0.6 is 0 Å². The summed E-state index contributed by atoms with van der Waals surface area (Å²) in [6.45, 7) is 1.23. The highest BCUT2D eigenvalue weighted by Gasteiger charge is 2.37. The molecule has 0 unspecified atom stereocenters. The molecule has 1 aromatic carbocycles. The van der Waals surface area contributed by atoms with E-state index >= 15 is 0 Å². The maximum absolute atomic E-state index is 13.2. The Kier molecular flexibility index (Phi) is 3.96. The standard InChI is InChI=1S/C17H20N4O4/c1-23-12-7-11(8-20-6-5-15(18)19-20)21(9-12)17(22)13-3-2-4-14-16(13)25-10-24-14/h2-6,11-12H,7-10H2,1H3,(H2,18,19)/t11-,12-/m0/s1. The Balaban J connectivity index is 1.60. The summed E-state index contributed by atoms with van der Waals surface area (Å²) in [4.78, 5) is 15.0. The monoisotopic (exact) mass is 344 g/mol. The van der Waals surface area contributed by atoms with E-state index in [-0.39, 0.29) is 24.8 Å². The molecule has 4 rings (SSSR count). The van der Waals surface area contributed by atoms with E-state index in [1.54, 1.807) is 36.1 Å². The van der Waals surface area contributed by atoms with Gasteiger partial charge in [-0.1, -0.05) is 6.07 Å². The first kappa shape index (κ1) is 15.8. The van der Waals surface area contributed by atoms with Crippen LogP contribution in [-0.4, -0.2) is 53.2 Å². The lowest BCUT2D eigenvalue weighted by Gasteiger charge is -2.25. The summed E-state index contributed by atoms with van der Waals surface area (Å²) in [5.41, 5.74) is 6.20. The van der Waals surface area contributed by atoms with Crippen LogP contribution in [0.4, 0.5) is 5.82 Å². The van der Waals surface area contributed by atoms with E-state index in [1.165, 1.54) is 0 Å². The lowest BCUT2D eigenvalue weighted by atomic mass is 10.1. The van der Waals surface area contributed by atoms with Crippen LogP contribution in [0, 0.1) is 0 Å². The zero-order valence-corrected chi connectivity index (χ0v) is 13.9. The molecule has 0 saturated carbocycles. The molecule has 2 aromatic rings. The molecule has 1 fully saturated rings. The fourth-order valence-electron chi connectivity index (χ4n) is 3.41. The van der Waals surface area contributed by atoms with Crippen LogP contribution in [0.1, 0.15) is 16.8 Å². The Labute approximate surface area is 145 Å². The van der Waals surface area contributed by atoms with Gasteiger partial charge in [0.25, 0.3) is 5.91 Å². The number of carbonyl (C=O) groups excluding carboxylic acids is 1. The van der Waals surface area contributed by atoms with Crippen molar-refractivity contribution in [3.05, 3.63) is 36.0 Å². The second kappa shape index (κ2) is 6.29. The third-order valence-corrected chi connectivity index (χ3v) is 4.66. The first-order valence-corrected chi connectivity index (χ1v) is 8.17. The number of methoxy groups -OCH3 is 1. The van der Waals surface area contributed by atoms with Crippen LogP contribution in [0.3, 0.4) is 0 Å². The lowest BCUT2D eigenvalue weighted by molar-refractivity contribution is 0.0674. The smallest absolute Gasteiger partial charge is 0.258 e. The topological polar surface area (TPSA) is 91.8 Å². The molecule has 2 N–H and O–H groups in total. The molecule has 0 spiro atoms. The van der Waals surface area contributed by atoms with Gasteiger partial charge < -0.3 is 24.8 Å². The molecule has 1 amide bonds. The second-order valence-electron chi connectivity index (χ2n) is 6.21. The molecule has 2 atom stereocenters. The molecular weight excluding hydrogens is 324 g/mol. The SMILES string of the molecule is CO[C@H]1C[C@@H](Cn2ccc(N)n2)N(C(=O)c2cccc3c2OCO3)C1. The average Bonchev–Trinajstić information content (AvgIpc) is 3.33. The van der Waals surface area contributed by atoms with Gasteiger partial charge in [-0.2, -0.15) is 5.10 Å². The number of para-hydroxylation sites is 1. The highest BCUT2D eigenvalue weighted by atomic mass is 16.7. The minimum absolute atomic E-state index is 0.00390. The maximum atomic E-state index is 13.2. The predicted molar refractivity (Wildman–Crippen MR) is 89.4 cm³/mol. The Bertz CT molecular complexity index is 791. The number of amides is 1. The number of nitrogen functional groups attached to an aromatic ring is 1. The summed E-state index contributed by atoms with van der Waals surface area (Å²) < 4.78 is 18.1. The van der Waals surface area contributed by atoms with Crippen molar-refractivity contribution in [2.75, 3.05) is 26.2 Å². The summed E-state index contributed by atoms with van der Waals surface area (Å²) in [7, 11) is 1.67. The van der Waals surface area contributed by atoms with Crippen LogP contribution in [-0.2, 0) is 11.3 Å². The maximum Gasteiger partial charge on any atom is 0.258 e. The van der Waals surface area contributed by atoms with Gasteiger partial charge in [-0.15, -0.1) is 0 Å². The first-order valence-electron chi connectivity index (χ1n) is 8.17. The Morgan fingerprint density at radius 2 is 2.28 bits per heavy atom. The average molecular weight is 344 g/mol. The number of carbonyl (C=O) groups is 1. The number of aromatic nitrogens is 2. The highest BCUT2D eigenvalue weighted by Crippen LogP contribution is 2.37. The van der Waals surface area contributed by atoms with Crippen molar-refractivity contribution in [3.63, 3.8) is 0 Å². The molecular formula is C17H20N4O4. The molecule has 1 saturated heterocycles. The van der Waals surface area contributed by atoms with Gasteiger partial charge in [-0.3, -0.25) is 9.48 Å². The van der Waals surface area contributed by atoms with Gasteiger partial charge >= 0.3 is 0 Å². The van der Waals surface area contributed by atoms with E-state index in [4.69, 9.17) is 19.9 Å². The van der Waals surface area contributed by atoms with Gasteiger partial charge in [0.05, 0.1) is 24.3 Å².